The van der Waals surface area contributed by atoms with Crippen molar-refractivity contribution in [3.63, 3.8) is 0 Å². The van der Waals surface area contributed by atoms with Crippen molar-refractivity contribution in [2.45, 2.75) is 39.8 Å². The maximum absolute atomic E-state index is 11.1. The fourth-order valence-electron chi connectivity index (χ4n) is 0.778. The Morgan fingerprint density at radius 2 is 1.86 bits per heavy atom. The molecule has 1 N–H and O–H groups in total. The van der Waals surface area contributed by atoms with Gasteiger partial charge in [-0.05, 0) is 13.8 Å². The smallest absolute Gasteiger partial charge is 0.320 e. The summed E-state index contributed by atoms with van der Waals surface area (Å²) in [7, 11) is 0. The van der Waals surface area contributed by atoms with Crippen LogP contribution in [0.25, 0.3) is 0 Å². The lowest BCUT2D eigenvalue weighted by molar-refractivity contribution is -0.144. The minimum Gasteiger partial charge on any atom is -0.462 e. The van der Waals surface area contributed by atoms with E-state index >= 15 is 0 Å². The highest BCUT2D eigenvalue weighted by Crippen LogP contribution is 1.87. The van der Waals surface area contributed by atoms with Crippen LogP contribution in [0.2, 0.25) is 0 Å². The predicted octanol–water partition coefficient (Wildman–Crippen LogP) is 0.953. The van der Waals surface area contributed by atoms with Gasteiger partial charge >= 0.3 is 5.97 Å². The van der Waals surface area contributed by atoms with E-state index in [1.165, 1.54) is 0 Å². The molecule has 4 heteroatoms. The normalized spacial score (nSPS) is 11.0. The van der Waals surface area contributed by atoms with E-state index < -0.39 is 0 Å². The molecule has 0 radical (unpaired) electrons. The van der Waals surface area contributed by atoms with E-state index in [0.29, 0.717) is 19.3 Å². The minimum absolute atomic E-state index is 0.183. The van der Waals surface area contributed by atoms with Crippen LogP contribution in [-0.4, -0.2) is 37.9 Å². The first-order chi connectivity index (χ1) is 6.52. The number of nitrogens with one attached hydrogen (secondary N) is 1. The zero-order valence-corrected chi connectivity index (χ0v) is 9.50. The van der Waals surface area contributed by atoms with Gasteiger partial charge in [-0.1, -0.05) is 13.8 Å². The van der Waals surface area contributed by atoms with Gasteiger partial charge in [0.1, 0.15) is 6.61 Å². The number of esters is 1. The van der Waals surface area contributed by atoms with Gasteiger partial charge in [0.15, 0.2) is 0 Å². The molecule has 14 heavy (non-hydrogen) atoms. The molecule has 0 aliphatic heterocycles. The van der Waals surface area contributed by atoms with Crippen LogP contribution in [0.15, 0.2) is 0 Å². The second-order valence-corrected chi connectivity index (χ2v) is 3.68. The van der Waals surface area contributed by atoms with Gasteiger partial charge in [0.05, 0.1) is 19.3 Å². The van der Waals surface area contributed by atoms with Crippen LogP contribution in [0, 0.1) is 0 Å². The molecule has 0 heterocycles. The Labute approximate surface area is 86.0 Å². The lowest BCUT2D eigenvalue weighted by atomic mass is 10.4. The summed E-state index contributed by atoms with van der Waals surface area (Å²) in [4.78, 5) is 11.1. The molecule has 0 aromatic carbocycles. The molecule has 0 aromatic heterocycles. The van der Waals surface area contributed by atoms with Gasteiger partial charge in [-0.15, -0.1) is 0 Å². The van der Waals surface area contributed by atoms with Gasteiger partial charge in [-0.25, -0.2) is 0 Å². The Hall–Kier alpha value is -0.610. The summed E-state index contributed by atoms with van der Waals surface area (Å²) < 4.78 is 10.1. The highest BCUT2D eigenvalue weighted by molar-refractivity contribution is 5.71. The van der Waals surface area contributed by atoms with Gasteiger partial charge < -0.3 is 14.8 Å². The minimum atomic E-state index is -0.231. The quantitative estimate of drug-likeness (QED) is 0.494. The second kappa shape index (κ2) is 7.76. The zero-order valence-electron chi connectivity index (χ0n) is 9.50. The summed E-state index contributed by atoms with van der Waals surface area (Å²) in [6, 6.07) is 0.300. The molecule has 0 bridgehead atoms. The first-order valence-corrected chi connectivity index (χ1v) is 5.03. The molecule has 84 valence electrons. The topological polar surface area (TPSA) is 47.6 Å². The third-order valence-electron chi connectivity index (χ3n) is 1.45. The fourth-order valence-corrected chi connectivity index (χ4v) is 0.778. The summed E-state index contributed by atoms with van der Waals surface area (Å²) in [6.45, 7) is 8.91. The fraction of sp³-hybridized carbons (Fsp3) is 0.900. The standard InChI is InChI=1S/C10H21NO3/c1-8(2)11-7-10(12)14-6-5-13-9(3)4/h8-9,11H,5-7H2,1-4H3. The summed E-state index contributed by atoms with van der Waals surface area (Å²) >= 11 is 0. The van der Waals surface area contributed by atoms with Gasteiger partial charge in [-0.2, -0.15) is 0 Å². The second-order valence-electron chi connectivity index (χ2n) is 3.68. The molecule has 0 aliphatic carbocycles. The summed E-state index contributed by atoms with van der Waals surface area (Å²) in [5.74, 6) is -0.231. The number of hydrogen-bond acceptors (Lipinski definition) is 4. The maximum atomic E-state index is 11.1. The van der Waals surface area contributed by atoms with E-state index in [9.17, 15) is 4.79 Å². The lowest BCUT2D eigenvalue weighted by Crippen LogP contribution is -2.30. The monoisotopic (exact) mass is 203 g/mol. The average molecular weight is 203 g/mol. The molecule has 0 unspecified atom stereocenters. The van der Waals surface area contributed by atoms with Gasteiger partial charge in [0.2, 0.25) is 0 Å². The average Bonchev–Trinajstić information content (AvgIpc) is 2.08. The van der Waals surface area contributed by atoms with Crippen molar-refractivity contribution in [1.82, 2.24) is 5.32 Å². The Morgan fingerprint density at radius 1 is 1.21 bits per heavy atom. The molecule has 0 aromatic rings. The molecular formula is C10H21NO3. The molecule has 0 saturated heterocycles. The number of ether oxygens (including phenoxy) is 2. The molecule has 0 rings (SSSR count). The van der Waals surface area contributed by atoms with E-state index in [0.717, 1.165) is 0 Å². The van der Waals surface area contributed by atoms with Gasteiger partial charge in [0, 0.05) is 6.04 Å². The number of rotatable bonds is 7. The first kappa shape index (κ1) is 13.4. The van der Waals surface area contributed by atoms with Crippen LogP contribution < -0.4 is 5.32 Å². The lowest BCUT2D eigenvalue weighted by Gasteiger charge is -2.09. The third-order valence-corrected chi connectivity index (χ3v) is 1.45. The van der Waals surface area contributed by atoms with Gasteiger partial charge in [0.25, 0.3) is 0 Å². The van der Waals surface area contributed by atoms with E-state index in [1.54, 1.807) is 0 Å². The molecule has 0 fully saturated rings. The molecule has 0 amide bonds. The molecule has 0 saturated carbocycles. The van der Waals surface area contributed by atoms with Crippen molar-refractivity contribution >= 4 is 5.97 Å². The highest BCUT2D eigenvalue weighted by Gasteiger charge is 2.03. The Morgan fingerprint density at radius 3 is 2.36 bits per heavy atom. The number of carbonyl (C=O) groups is 1. The van der Waals surface area contributed by atoms with Crippen LogP contribution >= 0.6 is 0 Å². The van der Waals surface area contributed by atoms with Crippen LogP contribution in [0.5, 0.6) is 0 Å². The SMILES string of the molecule is CC(C)NCC(=O)OCCOC(C)C. The van der Waals surface area contributed by atoms with E-state index in [4.69, 9.17) is 9.47 Å². The summed E-state index contributed by atoms with van der Waals surface area (Å²) in [5, 5.41) is 2.98. The van der Waals surface area contributed by atoms with Crippen LogP contribution in [0.4, 0.5) is 0 Å². The molecule has 0 spiro atoms. The van der Waals surface area contributed by atoms with Crippen molar-refractivity contribution in [2.24, 2.45) is 0 Å². The highest BCUT2D eigenvalue weighted by atomic mass is 16.6. The molecular weight excluding hydrogens is 182 g/mol. The third kappa shape index (κ3) is 9.48. The summed E-state index contributed by atoms with van der Waals surface area (Å²) in [5.41, 5.74) is 0. The van der Waals surface area contributed by atoms with Crippen molar-refractivity contribution in [3.05, 3.63) is 0 Å². The number of hydrogen-bond donors (Lipinski definition) is 1. The maximum Gasteiger partial charge on any atom is 0.320 e. The zero-order chi connectivity index (χ0) is 11.0. The van der Waals surface area contributed by atoms with Crippen LogP contribution in [0.3, 0.4) is 0 Å². The van der Waals surface area contributed by atoms with Crippen LogP contribution in [0.1, 0.15) is 27.7 Å². The predicted molar refractivity (Wildman–Crippen MR) is 55.2 cm³/mol. The molecule has 0 aliphatic rings. The van der Waals surface area contributed by atoms with Crippen molar-refractivity contribution in [3.8, 4) is 0 Å². The molecule has 4 nitrogen and oxygen atoms in total. The Kier molecular flexibility index (Phi) is 7.42. The first-order valence-electron chi connectivity index (χ1n) is 5.03. The van der Waals surface area contributed by atoms with E-state index in [-0.39, 0.29) is 18.6 Å². The Bertz CT molecular complexity index is 157. The van der Waals surface area contributed by atoms with Crippen molar-refractivity contribution in [2.75, 3.05) is 19.8 Å². The van der Waals surface area contributed by atoms with Gasteiger partial charge in [-0.3, -0.25) is 4.79 Å². The van der Waals surface area contributed by atoms with Crippen LogP contribution in [-0.2, 0) is 14.3 Å². The largest absolute Gasteiger partial charge is 0.462 e. The summed E-state index contributed by atoms with van der Waals surface area (Å²) in [6.07, 6.45) is 0.183. The van der Waals surface area contributed by atoms with Crippen molar-refractivity contribution < 1.29 is 14.3 Å². The molecule has 0 atom stereocenters. The van der Waals surface area contributed by atoms with E-state index in [2.05, 4.69) is 5.32 Å². The Balaban J connectivity index is 3.27. The van der Waals surface area contributed by atoms with E-state index in [1.807, 2.05) is 27.7 Å². The van der Waals surface area contributed by atoms with Crippen molar-refractivity contribution in [1.29, 1.82) is 0 Å². The number of carbonyl (C=O) groups excluding carboxylic acids is 1.